The number of hydrogen-bond donors (Lipinski definition) is 2. The molecule has 0 bridgehead atoms. The van der Waals surface area contributed by atoms with E-state index >= 15 is 0 Å². The van der Waals surface area contributed by atoms with E-state index in [2.05, 4.69) is 15.2 Å². The quantitative estimate of drug-likeness (QED) is 0.697. The lowest BCUT2D eigenvalue weighted by Gasteiger charge is -2.29. The van der Waals surface area contributed by atoms with Crippen molar-refractivity contribution >= 4 is 11.6 Å². The number of anilines is 1. The molecule has 0 aliphatic carbocycles. The summed E-state index contributed by atoms with van der Waals surface area (Å²) in [7, 11) is 0. The molecule has 29 heavy (non-hydrogen) atoms. The van der Waals surface area contributed by atoms with Crippen molar-refractivity contribution in [3.05, 3.63) is 72.2 Å². The average molecular weight is 392 g/mol. The number of primary amides is 1. The van der Waals surface area contributed by atoms with Crippen LogP contribution in [0.25, 0.3) is 11.3 Å². The van der Waals surface area contributed by atoms with Crippen molar-refractivity contribution in [2.75, 3.05) is 31.1 Å². The topological polar surface area (TPSA) is 80.5 Å². The van der Waals surface area contributed by atoms with Gasteiger partial charge < -0.3 is 20.7 Å². The summed E-state index contributed by atoms with van der Waals surface area (Å²) in [6.45, 7) is 3.48. The Morgan fingerprint density at radius 1 is 1.00 bits per heavy atom. The van der Waals surface area contributed by atoms with E-state index in [4.69, 9.17) is 10.5 Å². The van der Waals surface area contributed by atoms with E-state index in [0.717, 1.165) is 37.4 Å². The number of carbonyl (C=O) groups is 1. The van der Waals surface area contributed by atoms with Gasteiger partial charge in [0.15, 0.2) is 0 Å². The molecule has 0 spiro atoms. The van der Waals surface area contributed by atoms with Crippen LogP contribution in [0.4, 0.5) is 10.1 Å². The van der Waals surface area contributed by atoms with Crippen LogP contribution in [-0.4, -0.2) is 37.1 Å². The molecule has 0 atom stereocenters. The number of benzene rings is 2. The Morgan fingerprint density at radius 2 is 1.62 bits per heavy atom. The number of nitrogens with two attached hydrogens (primary N) is 1. The SMILES string of the molecule is NC(=O)c1cc(N2CCNCC2)cc(-c2ccc(Oc3ccc(F)cc3)cc2)n1. The van der Waals surface area contributed by atoms with Gasteiger partial charge in [0.2, 0.25) is 0 Å². The van der Waals surface area contributed by atoms with Gasteiger partial charge in [-0.05, 0) is 60.7 Å². The van der Waals surface area contributed by atoms with Gasteiger partial charge in [-0.25, -0.2) is 9.37 Å². The molecule has 2 aromatic carbocycles. The Balaban J connectivity index is 1.60. The average Bonchev–Trinajstić information content (AvgIpc) is 2.76. The second-order valence-corrected chi connectivity index (χ2v) is 6.78. The minimum absolute atomic E-state index is 0.239. The van der Waals surface area contributed by atoms with Crippen LogP contribution in [0, 0.1) is 5.82 Å². The minimum Gasteiger partial charge on any atom is -0.457 e. The highest BCUT2D eigenvalue weighted by atomic mass is 19.1. The van der Waals surface area contributed by atoms with Crippen molar-refractivity contribution in [2.24, 2.45) is 5.73 Å². The molecule has 0 saturated carbocycles. The van der Waals surface area contributed by atoms with Crippen molar-refractivity contribution in [3.8, 4) is 22.8 Å². The number of pyridine rings is 1. The molecule has 1 aliphatic heterocycles. The van der Waals surface area contributed by atoms with E-state index in [1.54, 1.807) is 18.2 Å². The Hall–Kier alpha value is -3.45. The second kappa shape index (κ2) is 8.28. The molecule has 0 radical (unpaired) electrons. The molecule has 1 aliphatic rings. The van der Waals surface area contributed by atoms with Crippen LogP contribution in [-0.2, 0) is 0 Å². The zero-order valence-corrected chi connectivity index (χ0v) is 15.8. The van der Waals surface area contributed by atoms with Gasteiger partial charge in [0.05, 0.1) is 5.69 Å². The fourth-order valence-electron chi connectivity index (χ4n) is 3.23. The maximum atomic E-state index is 13.0. The first-order valence-electron chi connectivity index (χ1n) is 9.40. The number of amides is 1. The van der Waals surface area contributed by atoms with Crippen LogP contribution in [0.3, 0.4) is 0 Å². The highest BCUT2D eigenvalue weighted by Crippen LogP contribution is 2.28. The summed E-state index contributed by atoms with van der Waals surface area (Å²) in [6, 6.07) is 16.9. The highest BCUT2D eigenvalue weighted by Gasteiger charge is 2.15. The summed E-state index contributed by atoms with van der Waals surface area (Å²) < 4.78 is 18.7. The van der Waals surface area contributed by atoms with Crippen LogP contribution in [0.1, 0.15) is 10.5 Å². The van der Waals surface area contributed by atoms with E-state index in [1.165, 1.54) is 12.1 Å². The summed E-state index contributed by atoms with van der Waals surface area (Å²) in [4.78, 5) is 18.4. The van der Waals surface area contributed by atoms with E-state index in [1.807, 2.05) is 30.3 Å². The van der Waals surface area contributed by atoms with E-state index in [-0.39, 0.29) is 11.5 Å². The molecule has 4 rings (SSSR count). The number of piperazine rings is 1. The fourth-order valence-corrected chi connectivity index (χ4v) is 3.23. The van der Waals surface area contributed by atoms with Crippen LogP contribution < -0.4 is 20.7 Å². The highest BCUT2D eigenvalue weighted by molar-refractivity contribution is 5.92. The zero-order chi connectivity index (χ0) is 20.2. The first-order valence-corrected chi connectivity index (χ1v) is 9.40. The Bertz CT molecular complexity index is 1000. The van der Waals surface area contributed by atoms with Crippen LogP contribution in [0.2, 0.25) is 0 Å². The molecule has 6 nitrogen and oxygen atoms in total. The summed E-state index contributed by atoms with van der Waals surface area (Å²) >= 11 is 0. The molecule has 0 unspecified atom stereocenters. The summed E-state index contributed by atoms with van der Waals surface area (Å²) in [5.74, 6) is 0.302. The van der Waals surface area contributed by atoms with Gasteiger partial charge in [-0.15, -0.1) is 0 Å². The minimum atomic E-state index is -0.556. The number of nitrogens with zero attached hydrogens (tertiary/aromatic N) is 2. The fraction of sp³-hybridized carbons (Fsp3) is 0.182. The van der Waals surface area contributed by atoms with E-state index in [9.17, 15) is 9.18 Å². The molecule has 2 heterocycles. The van der Waals surface area contributed by atoms with Crippen molar-refractivity contribution in [3.63, 3.8) is 0 Å². The maximum Gasteiger partial charge on any atom is 0.267 e. The van der Waals surface area contributed by atoms with Crippen molar-refractivity contribution < 1.29 is 13.9 Å². The van der Waals surface area contributed by atoms with Gasteiger partial charge in [0, 0.05) is 37.4 Å². The predicted octanol–water partition coefficient (Wildman–Crippen LogP) is 3.19. The van der Waals surface area contributed by atoms with Gasteiger partial charge in [-0.3, -0.25) is 4.79 Å². The summed E-state index contributed by atoms with van der Waals surface area (Å²) in [5, 5.41) is 3.31. The lowest BCUT2D eigenvalue weighted by Crippen LogP contribution is -2.43. The lowest BCUT2D eigenvalue weighted by atomic mass is 10.1. The van der Waals surface area contributed by atoms with Gasteiger partial charge in [-0.2, -0.15) is 0 Å². The second-order valence-electron chi connectivity index (χ2n) is 6.78. The van der Waals surface area contributed by atoms with E-state index in [0.29, 0.717) is 17.2 Å². The van der Waals surface area contributed by atoms with Crippen LogP contribution >= 0.6 is 0 Å². The molecule has 148 valence electrons. The first-order chi connectivity index (χ1) is 14.1. The maximum absolute atomic E-state index is 13.0. The summed E-state index contributed by atoms with van der Waals surface area (Å²) in [5.41, 5.74) is 8.18. The predicted molar refractivity (Wildman–Crippen MR) is 110 cm³/mol. The molecule has 3 N–H and O–H groups in total. The first kappa shape index (κ1) is 18.9. The Kier molecular flexibility index (Phi) is 5.39. The van der Waals surface area contributed by atoms with E-state index < -0.39 is 5.91 Å². The standard InChI is InChI=1S/C22H21FN4O2/c23-16-3-7-19(8-4-16)29-18-5-1-15(2-6-18)20-13-17(14-21(26-20)22(24)28)27-11-9-25-10-12-27/h1-8,13-14,25H,9-12H2,(H2,24,28). The number of halogens is 1. The zero-order valence-electron chi connectivity index (χ0n) is 15.8. The Labute approximate surface area is 168 Å². The van der Waals surface area contributed by atoms with Crippen LogP contribution in [0.15, 0.2) is 60.7 Å². The third kappa shape index (κ3) is 4.52. The molecule has 1 aromatic heterocycles. The number of ether oxygens (including phenoxy) is 1. The molecular weight excluding hydrogens is 371 g/mol. The number of carbonyl (C=O) groups excluding carboxylic acids is 1. The van der Waals surface area contributed by atoms with Gasteiger partial charge in [0.25, 0.3) is 5.91 Å². The molecule has 1 fully saturated rings. The van der Waals surface area contributed by atoms with Crippen LogP contribution in [0.5, 0.6) is 11.5 Å². The molecule has 7 heteroatoms. The lowest BCUT2D eigenvalue weighted by molar-refractivity contribution is 0.0995. The smallest absolute Gasteiger partial charge is 0.267 e. The summed E-state index contributed by atoms with van der Waals surface area (Å²) in [6.07, 6.45) is 0. The monoisotopic (exact) mass is 392 g/mol. The van der Waals surface area contributed by atoms with Crippen molar-refractivity contribution in [1.82, 2.24) is 10.3 Å². The number of nitrogens with one attached hydrogen (secondary N) is 1. The molecule has 3 aromatic rings. The normalized spacial score (nSPS) is 13.9. The number of aromatic nitrogens is 1. The molecule has 1 amide bonds. The number of rotatable bonds is 5. The largest absolute Gasteiger partial charge is 0.457 e. The van der Waals surface area contributed by atoms with Crippen molar-refractivity contribution in [1.29, 1.82) is 0 Å². The number of hydrogen-bond acceptors (Lipinski definition) is 5. The van der Waals surface area contributed by atoms with Crippen molar-refractivity contribution in [2.45, 2.75) is 0 Å². The molecule has 1 saturated heterocycles. The Morgan fingerprint density at radius 3 is 2.24 bits per heavy atom. The third-order valence-electron chi connectivity index (χ3n) is 4.74. The van der Waals surface area contributed by atoms with Gasteiger partial charge in [-0.1, -0.05) is 0 Å². The third-order valence-corrected chi connectivity index (χ3v) is 4.74. The van der Waals surface area contributed by atoms with Gasteiger partial charge >= 0.3 is 0 Å². The van der Waals surface area contributed by atoms with Gasteiger partial charge in [0.1, 0.15) is 23.0 Å². The molecular formula is C22H21FN4O2.